The molecule has 5 heteroatoms. The van der Waals surface area contributed by atoms with Gasteiger partial charge in [0.15, 0.2) is 0 Å². The second-order valence-electron chi connectivity index (χ2n) is 6.34. The molecular weight excluding hydrogens is 338 g/mol. The van der Waals surface area contributed by atoms with Crippen LogP contribution in [0.15, 0.2) is 73.1 Å². The summed E-state index contributed by atoms with van der Waals surface area (Å²) >= 11 is 0. The smallest absolute Gasteiger partial charge is 0.253 e. The van der Waals surface area contributed by atoms with Crippen molar-refractivity contribution in [3.63, 3.8) is 0 Å². The van der Waals surface area contributed by atoms with Crippen LogP contribution in [0.3, 0.4) is 0 Å². The predicted octanol–water partition coefficient (Wildman–Crippen LogP) is 3.50. The molecule has 3 rings (SSSR count). The van der Waals surface area contributed by atoms with Crippen LogP contribution in [0.5, 0.6) is 0 Å². The molecule has 5 nitrogen and oxygen atoms in total. The molecule has 0 fully saturated rings. The molecule has 2 aromatic carbocycles. The number of hydrogen-bond acceptors (Lipinski definition) is 3. The number of amides is 2. The summed E-state index contributed by atoms with van der Waals surface area (Å²) < 4.78 is 0. The third-order valence-corrected chi connectivity index (χ3v) is 4.07. The average molecular weight is 359 g/mol. The van der Waals surface area contributed by atoms with Crippen LogP contribution in [-0.4, -0.2) is 16.8 Å². The summed E-state index contributed by atoms with van der Waals surface area (Å²) in [5.41, 5.74) is 4.26. The maximum Gasteiger partial charge on any atom is 0.253 e. The summed E-state index contributed by atoms with van der Waals surface area (Å²) in [4.78, 5) is 28.3. The number of carbonyl (C=O) groups is 2. The number of nitrogens with one attached hydrogen (secondary N) is 2. The van der Waals surface area contributed by atoms with E-state index in [1.165, 1.54) is 11.8 Å². The molecule has 0 spiro atoms. The van der Waals surface area contributed by atoms with Crippen molar-refractivity contribution < 1.29 is 9.59 Å². The second kappa shape index (κ2) is 8.76. The zero-order valence-corrected chi connectivity index (χ0v) is 15.1. The zero-order valence-electron chi connectivity index (χ0n) is 15.1. The highest BCUT2D eigenvalue weighted by Gasteiger charge is 2.07. The monoisotopic (exact) mass is 359 g/mol. The molecule has 2 N–H and O–H groups in total. The molecule has 0 bridgehead atoms. The third kappa shape index (κ3) is 5.51. The molecule has 0 unspecified atom stereocenters. The second-order valence-corrected chi connectivity index (χ2v) is 6.34. The van der Waals surface area contributed by atoms with Gasteiger partial charge in [0.2, 0.25) is 5.91 Å². The zero-order chi connectivity index (χ0) is 19.1. The van der Waals surface area contributed by atoms with Crippen LogP contribution in [-0.2, 0) is 17.8 Å². The Morgan fingerprint density at radius 1 is 0.963 bits per heavy atom. The van der Waals surface area contributed by atoms with Gasteiger partial charge in [-0.2, -0.15) is 0 Å². The Labute approximate surface area is 158 Å². The Kier molecular flexibility index (Phi) is 5.94. The van der Waals surface area contributed by atoms with E-state index in [4.69, 9.17) is 0 Å². The van der Waals surface area contributed by atoms with Gasteiger partial charge in [0, 0.05) is 24.6 Å². The van der Waals surface area contributed by atoms with E-state index in [2.05, 4.69) is 15.6 Å². The van der Waals surface area contributed by atoms with E-state index in [-0.39, 0.29) is 11.8 Å². The molecule has 0 aliphatic rings. The van der Waals surface area contributed by atoms with E-state index in [0.717, 1.165) is 11.1 Å². The fourth-order valence-corrected chi connectivity index (χ4v) is 2.64. The van der Waals surface area contributed by atoms with Gasteiger partial charge >= 0.3 is 0 Å². The number of pyridine rings is 1. The van der Waals surface area contributed by atoms with Crippen LogP contribution >= 0.6 is 0 Å². The Bertz CT molecular complexity index is 922. The van der Waals surface area contributed by atoms with E-state index in [0.29, 0.717) is 24.2 Å². The normalized spacial score (nSPS) is 10.3. The predicted molar refractivity (Wildman–Crippen MR) is 105 cm³/mol. The number of benzene rings is 2. The van der Waals surface area contributed by atoms with Crippen molar-refractivity contribution in [2.24, 2.45) is 0 Å². The minimum absolute atomic E-state index is 0.0737. The van der Waals surface area contributed by atoms with Gasteiger partial charge in [-0.3, -0.25) is 14.6 Å². The van der Waals surface area contributed by atoms with Crippen LogP contribution < -0.4 is 10.6 Å². The van der Waals surface area contributed by atoms with Crippen molar-refractivity contribution in [1.29, 1.82) is 0 Å². The molecule has 0 aliphatic heterocycles. The Morgan fingerprint density at radius 2 is 1.78 bits per heavy atom. The highest BCUT2D eigenvalue weighted by Crippen LogP contribution is 2.12. The number of hydrogen-bond donors (Lipinski definition) is 2. The highest BCUT2D eigenvalue weighted by atomic mass is 16.2. The summed E-state index contributed by atoms with van der Waals surface area (Å²) in [5.74, 6) is -0.257. The molecule has 0 saturated heterocycles. The standard InChI is InChI=1S/C22H21N3O2/c1-16-7-9-17(10-8-16)13-21(26)25-20-6-2-4-18(12-20)14-24-22(27)19-5-3-11-23-15-19/h2-12,15H,13-14H2,1H3,(H,24,27)(H,25,26). The fourth-order valence-electron chi connectivity index (χ4n) is 2.64. The summed E-state index contributed by atoms with van der Waals surface area (Å²) in [5, 5.41) is 5.75. The van der Waals surface area contributed by atoms with Gasteiger partial charge in [0.25, 0.3) is 5.91 Å². The molecule has 0 saturated carbocycles. The molecule has 1 heterocycles. The van der Waals surface area contributed by atoms with Gasteiger partial charge < -0.3 is 10.6 Å². The van der Waals surface area contributed by atoms with Crippen molar-refractivity contribution in [3.05, 3.63) is 95.3 Å². The van der Waals surface area contributed by atoms with Crippen molar-refractivity contribution in [2.45, 2.75) is 19.9 Å². The molecule has 136 valence electrons. The number of anilines is 1. The number of aryl methyl sites for hydroxylation is 1. The lowest BCUT2D eigenvalue weighted by Gasteiger charge is -2.09. The lowest BCUT2D eigenvalue weighted by molar-refractivity contribution is -0.115. The lowest BCUT2D eigenvalue weighted by Crippen LogP contribution is -2.23. The van der Waals surface area contributed by atoms with Gasteiger partial charge in [0.05, 0.1) is 12.0 Å². The summed E-state index contributed by atoms with van der Waals surface area (Å²) in [6.45, 7) is 2.39. The van der Waals surface area contributed by atoms with Crippen molar-refractivity contribution in [2.75, 3.05) is 5.32 Å². The van der Waals surface area contributed by atoms with Gasteiger partial charge in [-0.1, -0.05) is 42.0 Å². The minimum atomic E-state index is -0.183. The van der Waals surface area contributed by atoms with Crippen molar-refractivity contribution in [1.82, 2.24) is 10.3 Å². The molecule has 0 radical (unpaired) electrons. The molecular formula is C22H21N3O2. The first kappa shape index (κ1) is 18.3. The van der Waals surface area contributed by atoms with Crippen LogP contribution in [0.1, 0.15) is 27.0 Å². The maximum absolute atomic E-state index is 12.2. The molecule has 0 aliphatic carbocycles. The van der Waals surface area contributed by atoms with E-state index >= 15 is 0 Å². The number of rotatable bonds is 6. The lowest BCUT2D eigenvalue weighted by atomic mass is 10.1. The molecule has 1 aromatic heterocycles. The SMILES string of the molecule is Cc1ccc(CC(=O)Nc2cccc(CNC(=O)c3cccnc3)c2)cc1. The van der Waals surface area contributed by atoms with Gasteiger partial charge in [-0.05, 0) is 42.3 Å². The Morgan fingerprint density at radius 3 is 2.52 bits per heavy atom. The Hall–Kier alpha value is -3.47. The maximum atomic E-state index is 12.2. The van der Waals surface area contributed by atoms with Crippen molar-refractivity contribution in [3.8, 4) is 0 Å². The summed E-state index contributed by atoms with van der Waals surface area (Å²) in [7, 11) is 0. The first-order valence-corrected chi connectivity index (χ1v) is 8.73. The molecule has 27 heavy (non-hydrogen) atoms. The summed E-state index contributed by atoms with van der Waals surface area (Å²) in [6, 6.07) is 18.8. The quantitative estimate of drug-likeness (QED) is 0.708. The van der Waals surface area contributed by atoms with E-state index in [1.54, 1.807) is 18.3 Å². The van der Waals surface area contributed by atoms with E-state index in [9.17, 15) is 9.59 Å². The number of carbonyl (C=O) groups excluding carboxylic acids is 2. The first-order chi connectivity index (χ1) is 13.1. The fraction of sp³-hybridized carbons (Fsp3) is 0.136. The van der Waals surface area contributed by atoms with Crippen LogP contribution in [0.25, 0.3) is 0 Å². The average Bonchev–Trinajstić information content (AvgIpc) is 2.69. The van der Waals surface area contributed by atoms with Crippen LogP contribution in [0.2, 0.25) is 0 Å². The van der Waals surface area contributed by atoms with E-state index in [1.807, 2.05) is 55.5 Å². The first-order valence-electron chi connectivity index (χ1n) is 8.73. The van der Waals surface area contributed by atoms with Crippen LogP contribution in [0.4, 0.5) is 5.69 Å². The third-order valence-electron chi connectivity index (χ3n) is 4.07. The molecule has 3 aromatic rings. The largest absolute Gasteiger partial charge is 0.348 e. The highest BCUT2D eigenvalue weighted by molar-refractivity contribution is 5.94. The number of nitrogens with zero attached hydrogens (tertiary/aromatic N) is 1. The van der Waals surface area contributed by atoms with Crippen molar-refractivity contribution >= 4 is 17.5 Å². The van der Waals surface area contributed by atoms with Gasteiger partial charge in [-0.25, -0.2) is 0 Å². The summed E-state index contributed by atoms with van der Waals surface area (Å²) in [6.07, 6.45) is 3.47. The molecule has 0 atom stereocenters. The van der Waals surface area contributed by atoms with Crippen LogP contribution in [0, 0.1) is 6.92 Å². The van der Waals surface area contributed by atoms with Gasteiger partial charge in [0.1, 0.15) is 0 Å². The van der Waals surface area contributed by atoms with E-state index < -0.39 is 0 Å². The van der Waals surface area contributed by atoms with Gasteiger partial charge in [-0.15, -0.1) is 0 Å². The minimum Gasteiger partial charge on any atom is -0.348 e. The number of aromatic nitrogens is 1. The Balaban J connectivity index is 1.56. The molecule has 2 amide bonds. The topological polar surface area (TPSA) is 71.1 Å².